The fourth-order valence-electron chi connectivity index (χ4n) is 3.53. The van der Waals surface area contributed by atoms with Crippen LogP contribution >= 0.6 is 11.3 Å². The summed E-state index contributed by atoms with van der Waals surface area (Å²) in [6, 6.07) is 5.79. The van der Waals surface area contributed by atoms with Crippen molar-refractivity contribution in [2.75, 3.05) is 44.2 Å². The molecule has 148 valence electrons. The number of hydrogen-bond donors (Lipinski definition) is 0. The lowest BCUT2D eigenvalue weighted by Gasteiger charge is -2.33. The third-order valence-electron chi connectivity index (χ3n) is 5.23. The fourth-order valence-corrected chi connectivity index (χ4v) is 4.29. The number of ether oxygens (including phenoxy) is 1. The number of anilines is 1. The molecule has 0 saturated carbocycles. The van der Waals surface area contributed by atoms with Crippen LogP contribution in [0.25, 0.3) is 0 Å². The lowest BCUT2D eigenvalue weighted by atomic mass is 10.1. The van der Waals surface area contributed by atoms with Gasteiger partial charge in [0, 0.05) is 31.6 Å². The zero-order chi connectivity index (χ0) is 19.7. The van der Waals surface area contributed by atoms with Gasteiger partial charge in [-0.3, -0.25) is 14.5 Å². The van der Waals surface area contributed by atoms with Crippen LogP contribution in [-0.2, 0) is 11.3 Å². The van der Waals surface area contributed by atoms with Gasteiger partial charge >= 0.3 is 0 Å². The molecule has 8 heteroatoms. The molecule has 2 aliphatic heterocycles. The Hall–Kier alpha value is -2.45. The molecule has 4 rings (SSSR count). The number of thiazole rings is 1. The molecular weight excluding hydrogens is 376 g/mol. The number of fused-ring (bicyclic) bond motifs is 1. The van der Waals surface area contributed by atoms with Crippen LogP contribution in [0.3, 0.4) is 0 Å². The second kappa shape index (κ2) is 7.89. The van der Waals surface area contributed by atoms with E-state index in [1.165, 1.54) is 11.3 Å². The molecule has 1 saturated heterocycles. The van der Waals surface area contributed by atoms with Crippen molar-refractivity contribution in [1.82, 2.24) is 14.8 Å². The monoisotopic (exact) mass is 400 g/mol. The minimum absolute atomic E-state index is 0.0231. The molecule has 28 heavy (non-hydrogen) atoms. The highest BCUT2D eigenvalue weighted by Crippen LogP contribution is 2.34. The largest absolute Gasteiger partial charge is 0.482 e. The Kier molecular flexibility index (Phi) is 5.32. The maximum atomic E-state index is 12.8. The molecule has 2 aliphatic rings. The zero-order valence-electron chi connectivity index (χ0n) is 16.2. The summed E-state index contributed by atoms with van der Waals surface area (Å²) in [4.78, 5) is 35.5. The highest BCUT2D eigenvalue weighted by atomic mass is 32.1. The van der Waals surface area contributed by atoms with Crippen molar-refractivity contribution >= 4 is 28.8 Å². The number of likely N-dealkylation sites (N-methyl/N-ethyl adjacent to an activating group) is 1. The molecule has 0 unspecified atom stereocenters. The van der Waals surface area contributed by atoms with Gasteiger partial charge in [-0.1, -0.05) is 13.0 Å². The summed E-state index contributed by atoms with van der Waals surface area (Å²) >= 11 is 1.42. The summed E-state index contributed by atoms with van der Waals surface area (Å²) in [5, 5.41) is 2.54. The highest BCUT2D eigenvalue weighted by Gasteiger charge is 2.28. The van der Waals surface area contributed by atoms with Crippen LogP contribution in [0.5, 0.6) is 5.75 Å². The van der Waals surface area contributed by atoms with Crippen molar-refractivity contribution in [3.63, 3.8) is 0 Å². The standard InChI is InChI=1S/C20H24N4O3S/c1-3-22-6-8-23(9-7-22)20(26)15-13-28-18(21-15)11-24-16-5-4-14(2)10-17(16)27-12-19(24)25/h4-5,10,13H,3,6-9,11-12H2,1-2H3. The second-order valence-electron chi connectivity index (χ2n) is 7.09. The van der Waals surface area contributed by atoms with E-state index in [1.54, 1.807) is 10.3 Å². The Morgan fingerprint density at radius 1 is 1.25 bits per heavy atom. The second-order valence-corrected chi connectivity index (χ2v) is 8.04. The SMILES string of the molecule is CCN1CCN(C(=O)c2csc(CN3C(=O)COc4cc(C)ccc43)n2)CC1. The first kappa shape index (κ1) is 18.9. The van der Waals surface area contributed by atoms with E-state index in [0.717, 1.165) is 49.0 Å². The summed E-state index contributed by atoms with van der Waals surface area (Å²) in [7, 11) is 0. The minimum Gasteiger partial charge on any atom is -0.482 e. The van der Waals surface area contributed by atoms with Crippen LogP contribution in [0.4, 0.5) is 5.69 Å². The number of nitrogens with zero attached hydrogens (tertiary/aromatic N) is 4. The van der Waals surface area contributed by atoms with Crippen LogP contribution in [0.15, 0.2) is 23.6 Å². The smallest absolute Gasteiger partial charge is 0.273 e. The number of amides is 2. The molecular formula is C20H24N4O3S. The van der Waals surface area contributed by atoms with E-state index in [0.29, 0.717) is 18.0 Å². The van der Waals surface area contributed by atoms with E-state index in [1.807, 2.05) is 30.0 Å². The zero-order valence-corrected chi connectivity index (χ0v) is 17.0. The Bertz CT molecular complexity index is 889. The van der Waals surface area contributed by atoms with Gasteiger partial charge in [-0.05, 0) is 31.2 Å². The van der Waals surface area contributed by atoms with E-state index in [-0.39, 0.29) is 18.4 Å². The van der Waals surface area contributed by atoms with Crippen LogP contribution in [0, 0.1) is 6.92 Å². The van der Waals surface area contributed by atoms with E-state index in [9.17, 15) is 9.59 Å². The average molecular weight is 401 g/mol. The summed E-state index contributed by atoms with van der Waals surface area (Å²) in [6.07, 6.45) is 0. The Morgan fingerprint density at radius 3 is 2.79 bits per heavy atom. The first-order chi connectivity index (χ1) is 13.5. The number of rotatable bonds is 4. The third-order valence-corrected chi connectivity index (χ3v) is 6.06. The third kappa shape index (κ3) is 3.74. The predicted molar refractivity (Wildman–Crippen MR) is 108 cm³/mol. The van der Waals surface area contributed by atoms with Crippen molar-refractivity contribution in [3.8, 4) is 5.75 Å². The van der Waals surface area contributed by atoms with Gasteiger partial charge in [0.2, 0.25) is 0 Å². The van der Waals surface area contributed by atoms with Gasteiger partial charge in [-0.25, -0.2) is 4.98 Å². The maximum Gasteiger partial charge on any atom is 0.273 e. The molecule has 0 N–H and O–H groups in total. The molecule has 7 nitrogen and oxygen atoms in total. The Balaban J connectivity index is 1.47. The predicted octanol–water partition coefficient (Wildman–Crippen LogP) is 2.15. The van der Waals surface area contributed by atoms with Crippen LogP contribution in [-0.4, -0.2) is 65.9 Å². The number of benzene rings is 1. The number of carbonyl (C=O) groups is 2. The number of carbonyl (C=O) groups excluding carboxylic acids is 2. The van der Waals surface area contributed by atoms with Gasteiger partial charge in [0.05, 0.1) is 12.2 Å². The van der Waals surface area contributed by atoms with Gasteiger partial charge in [-0.15, -0.1) is 11.3 Å². The van der Waals surface area contributed by atoms with Crippen LogP contribution < -0.4 is 9.64 Å². The molecule has 0 radical (unpaired) electrons. The van der Waals surface area contributed by atoms with Crippen molar-refractivity contribution in [2.24, 2.45) is 0 Å². The van der Waals surface area contributed by atoms with Gasteiger partial charge in [0.25, 0.3) is 11.8 Å². The molecule has 2 amide bonds. The van der Waals surface area contributed by atoms with Crippen molar-refractivity contribution < 1.29 is 14.3 Å². The molecule has 1 aromatic heterocycles. The summed E-state index contributed by atoms with van der Waals surface area (Å²) in [5.74, 6) is 0.582. The average Bonchev–Trinajstić information content (AvgIpc) is 3.18. The summed E-state index contributed by atoms with van der Waals surface area (Å²) in [5.41, 5.74) is 2.30. The number of aryl methyl sites for hydroxylation is 1. The van der Waals surface area contributed by atoms with E-state index in [4.69, 9.17) is 4.74 Å². The van der Waals surface area contributed by atoms with Crippen molar-refractivity contribution in [2.45, 2.75) is 20.4 Å². The van der Waals surface area contributed by atoms with E-state index >= 15 is 0 Å². The maximum absolute atomic E-state index is 12.8. The van der Waals surface area contributed by atoms with Gasteiger partial charge in [-0.2, -0.15) is 0 Å². The molecule has 1 aromatic carbocycles. The van der Waals surface area contributed by atoms with E-state index in [2.05, 4.69) is 16.8 Å². The van der Waals surface area contributed by atoms with Crippen molar-refractivity contribution in [1.29, 1.82) is 0 Å². The lowest BCUT2D eigenvalue weighted by Crippen LogP contribution is -2.48. The first-order valence-corrected chi connectivity index (χ1v) is 10.4. The van der Waals surface area contributed by atoms with Gasteiger partial charge in [0.1, 0.15) is 16.5 Å². The lowest BCUT2D eigenvalue weighted by molar-refractivity contribution is -0.121. The molecule has 0 atom stereocenters. The molecule has 0 aliphatic carbocycles. The van der Waals surface area contributed by atoms with E-state index < -0.39 is 0 Å². The molecule has 2 aromatic rings. The quantitative estimate of drug-likeness (QED) is 0.787. The minimum atomic E-state index is -0.102. The normalized spacial score (nSPS) is 17.4. The number of piperazine rings is 1. The molecule has 0 spiro atoms. The molecule has 1 fully saturated rings. The Labute approximate surface area is 168 Å². The fraction of sp³-hybridized carbons (Fsp3) is 0.450. The topological polar surface area (TPSA) is 66.0 Å². The van der Waals surface area contributed by atoms with Crippen molar-refractivity contribution in [3.05, 3.63) is 39.8 Å². The molecule has 0 bridgehead atoms. The summed E-state index contributed by atoms with van der Waals surface area (Å²) < 4.78 is 5.55. The van der Waals surface area contributed by atoms with Gasteiger partial charge in [0.15, 0.2) is 6.61 Å². The molecule has 3 heterocycles. The van der Waals surface area contributed by atoms with Crippen LogP contribution in [0.1, 0.15) is 28.0 Å². The number of aromatic nitrogens is 1. The first-order valence-electron chi connectivity index (χ1n) is 9.55. The number of hydrogen-bond acceptors (Lipinski definition) is 6. The summed E-state index contributed by atoms with van der Waals surface area (Å²) in [6.45, 7) is 8.77. The highest BCUT2D eigenvalue weighted by molar-refractivity contribution is 7.09. The Morgan fingerprint density at radius 2 is 2.04 bits per heavy atom. The van der Waals surface area contributed by atoms with Crippen LogP contribution in [0.2, 0.25) is 0 Å². The van der Waals surface area contributed by atoms with Gasteiger partial charge < -0.3 is 14.5 Å².